The Kier molecular flexibility index (Phi) is 6.62. The maximum atomic E-state index is 12.5. The Balaban J connectivity index is 2.06. The molecule has 0 aromatic rings. The Morgan fingerprint density at radius 2 is 2.04 bits per heavy atom. The number of aliphatic hydroxyl groups excluding tert-OH is 1. The number of esters is 2. The molecule has 146 valence electrons. The number of hydrogen-bond donors (Lipinski definition) is 1. The first kappa shape index (κ1) is 21.0. The molecule has 26 heavy (non-hydrogen) atoms. The SMILES string of the molecule is C[C@@H](O)[C@H]1C(=O)N2C(C(=O)OCOC(=O)C(C)(C)C)=C(SCCF)S[C@H]12. The second kappa shape index (κ2) is 8.18. The van der Waals surface area contributed by atoms with Gasteiger partial charge in [0.05, 0.1) is 28.3 Å². The smallest absolute Gasteiger partial charge is 0.359 e. The maximum Gasteiger partial charge on any atom is 0.359 e. The number of thioether (sulfide) groups is 2. The number of amides is 1. The summed E-state index contributed by atoms with van der Waals surface area (Å²) in [6, 6.07) is 0. The molecule has 0 saturated carbocycles. The minimum absolute atomic E-state index is 0.0205. The number of halogens is 1. The Morgan fingerprint density at radius 3 is 2.58 bits per heavy atom. The molecule has 7 nitrogen and oxygen atoms in total. The number of β-lactam (4-membered cyclic amide) rings is 1. The van der Waals surface area contributed by atoms with Gasteiger partial charge in [-0.1, -0.05) is 11.8 Å². The van der Waals surface area contributed by atoms with Gasteiger partial charge in [-0.3, -0.25) is 18.9 Å². The summed E-state index contributed by atoms with van der Waals surface area (Å²) < 4.78 is 22.9. The molecule has 0 bridgehead atoms. The van der Waals surface area contributed by atoms with Crippen LogP contribution in [0.5, 0.6) is 0 Å². The minimum Gasteiger partial charge on any atom is -0.427 e. The number of rotatable bonds is 7. The fraction of sp³-hybridized carbons (Fsp3) is 0.688. The van der Waals surface area contributed by atoms with Crippen molar-refractivity contribution in [3.8, 4) is 0 Å². The molecule has 0 spiro atoms. The molecule has 3 atom stereocenters. The number of carbonyl (C=O) groups excluding carboxylic acids is 3. The van der Waals surface area contributed by atoms with Gasteiger partial charge in [0, 0.05) is 5.75 Å². The van der Waals surface area contributed by atoms with E-state index < -0.39 is 48.2 Å². The van der Waals surface area contributed by atoms with Gasteiger partial charge >= 0.3 is 11.9 Å². The third-order valence-corrected chi connectivity index (χ3v) is 6.37. The fourth-order valence-electron chi connectivity index (χ4n) is 2.40. The van der Waals surface area contributed by atoms with Gasteiger partial charge in [0.1, 0.15) is 5.37 Å². The summed E-state index contributed by atoms with van der Waals surface area (Å²) in [5.41, 5.74) is -0.716. The Hall–Kier alpha value is -1.26. The Bertz CT molecular complexity index is 631. The number of carbonyl (C=O) groups is 3. The second-order valence-electron chi connectivity index (χ2n) is 6.89. The van der Waals surface area contributed by atoms with Crippen molar-refractivity contribution in [2.45, 2.75) is 39.2 Å². The Morgan fingerprint density at radius 1 is 1.38 bits per heavy atom. The van der Waals surface area contributed by atoms with Crippen LogP contribution < -0.4 is 0 Å². The van der Waals surface area contributed by atoms with Gasteiger partial charge in [-0.15, -0.1) is 11.8 Å². The van der Waals surface area contributed by atoms with Gasteiger partial charge in [0.2, 0.25) is 12.7 Å². The van der Waals surface area contributed by atoms with Crippen LogP contribution >= 0.6 is 23.5 Å². The van der Waals surface area contributed by atoms with Crippen molar-refractivity contribution in [1.29, 1.82) is 0 Å². The fourth-order valence-corrected chi connectivity index (χ4v) is 5.11. The van der Waals surface area contributed by atoms with Gasteiger partial charge in [-0.05, 0) is 27.7 Å². The molecule has 0 unspecified atom stereocenters. The van der Waals surface area contributed by atoms with Crippen LogP contribution in [0.2, 0.25) is 0 Å². The van der Waals surface area contributed by atoms with E-state index in [-0.39, 0.29) is 17.4 Å². The minimum atomic E-state index is -0.855. The van der Waals surface area contributed by atoms with Crippen molar-refractivity contribution in [2.24, 2.45) is 11.3 Å². The summed E-state index contributed by atoms with van der Waals surface area (Å²) in [6.07, 6.45) is -0.855. The first-order chi connectivity index (χ1) is 12.1. The highest BCUT2D eigenvalue weighted by molar-refractivity contribution is 8.22. The van der Waals surface area contributed by atoms with E-state index in [9.17, 15) is 23.9 Å². The van der Waals surface area contributed by atoms with Crippen LogP contribution in [0.1, 0.15) is 27.7 Å². The lowest BCUT2D eigenvalue weighted by Crippen LogP contribution is -2.60. The highest BCUT2D eigenvalue weighted by Gasteiger charge is 2.58. The average Bonchev–Trinajstić information content (AvgIpc) is 2.85. The first-order valence-electron chi connectivity index (χ1n) is 8.04. The van der Waals surface area contributed by atoms with Crippen molar-refractivity contribution in [3.05, 3.63) is 9.93 Å². The van der Waals surface area contributed by atoms with Crippen LogP contribution in [0.4, 0.5) is 4.39 Å². The summed E-state index contributed by atoms with van der Waals surface area (Å²) in [6.45, 7) is 5.35. The lowest BCUT2D eigenvalue weighted by molar-refractivity contribution is -0.174. The molecule has 2 aliphatic rings. The second-order valence-corrected chi connectivity index (χ2v) is 9.38. The highest BCUT2D eigenvalue weighted by atomic mass is 32.2. The molecule has 0 aromatic carbocycles. The van der Waals surface area contributed by atoms with Gasteiger partial charge in [0.15, 0.2) is 5.70 Å². The zero-order valence-corrected chi connectivity index (χ0v) is 16.6. The first-order valence-corrected chi connectivity index (χ1v) is 9.91. The molecule has 0 aromatic heterocycles. The van der Waals surface area contributed by atoms with E-state index in [1.54, 1.807) is 20.8 Å². The van der Waals surface area contributed by atoms with Crippen LogP contribution in [-0.2, 0) is 23.9 Å². The molecule has 2 rings (SSSR count). The van der Waals surface area contributed by atoms with E-state index in [4.69, 9.17) is 9.47 Å². The summed E-state index contributed by atoms with van der Waals surface area (Å²) >= 11 is 2.34. The molecule has 1 fully saturated rings. The van der Waals surface area contributed by atoms with Crippen LogP contribution in [0.25, 0.3) is 0 Å². The number of alkyl halides is 1. The average molecular weight is 407 g/mol. The van der Waals surface area contributed by atoms with E-state index in [1.807, 2.05) is 0 Å². The standard InChI is InChI=1S/C16H22FNO6S2/c1-8(19)9-11(20)18-10(14(25-6-5-17)26-12(9)18)13(21)23-7-24-15(22)16(2,3)4/h8-9,12,19H,5-7H2,1-4H3/t8-,9+,12-/m1/s1. The zero-order chi connectivity index (χ0) is 19.6. The van der Waals surface area contributed by atoms with Crippen LogP contribution in [0, 0.1) is 11.3 Å². The summed E-state index contributed by atoms with van der Waals surface area (Å²) in [4.78, 5) is 37.7. The quantitative estimate of drug-likeness (QED) is 0.388. The van der Waals surface area contributed by atoms with Gasteiger partial charge in [0.25, 0.3) is 0 Å². The lowest BCUT2D eigenvalue weighted by Gasteiger charge is -2.43. The van der Waals surface area contributed by atoms with E-state index in [1.165, 1.54) is 23.6 Å². The molecule has 0 aliphatic carbocycles. The summed E-state index contributed by atoms with van der Waals surface area (Å²) in [7, 11) is 0. The normalized spacial score (nSPS) is 23.5. The van der Waals surface area contributed by atoms with E-state index in [2.05, 4.69) is 0 Å². The summed E-state index contributed by atoms with van der Waals surface area (Å²) in [5, 5.41) is 9.32. The number of ether oxygens (including phenoxy) is 2. The van der Waals surface area contributed by atoms with Gasteiger partial charge < -0.3 is 14.6 Å². The number of hydrogen-bond acceptors (Lipinski definition) is 8. The maximum absolute atomic E-state index is 12.5. The van der Waals surface area contributed by atoms with E-state index in [0.29, 0.717) is 4.24 Å². The van der Waals surface area contributed by atoms with E-state index >= 15 is 0 Å². The van der Waals surface area contributed by atoms with Crippen LogP contribution in [-0.4, -0.2) is 58.6 Å². The third kappa shape index (κ3) is 4.17. The van der Waals surface area contributed by atoms with Crippen molar-refractivity contribution >= 4 is 41.4 Å². The largest absolute Gasteiger partial charge is 0.427 e. The van der Waals surface area contributed by atoms with Crippen molar-refractivity contribution < 1.29 is 33.4 Å². The molecule has 0 radical (unpaired) electrons. The number of nitrogens with zero attached hydrogens (tertiary/aromatic N) is 1. The third-order valence-electron chi connectivity index (χ3n) is 3.76. The molecular weight excluding hydrogens is 385 g/mol. The number of aliphatic hydroxyl groups is 1. The molecule has 1 N–H and O–H groups in total. The molecule has 2 heterocycles. The van der Waals surface area contributed by atoms with Gasteiger partial charge in [-0.25, -0.2) is 4.79 Å². The van der Waals surface area contributed by atoms with Crippen LogP contribution in [0.15, 0.2) is 9.93 Å². The predicted molar refractivity (Wildman–Crippen MR) is 95.4 cm³/mol. The van der Waals surface area contributed by atoms with Crippen molar-refractivity contribution in [2.75, 3.05) is 19.2 Å². The van der Waals surface area contributed by atoms with E-state index in [0.717, 1.165) is 11.8 Å². The predicted octanol–water partition coefficient (Wildman–Crippen LogP) is 1.86. The molecule has 1 saturated heterocycles. The Labute approximate surface area is 159 Å². The molecular formula is C16H22FNO6S2. The molecule has 10 heteroatoms. The topological polar surface area (TPSA) is 93.1 Å². The summed E-state index contributed by atoms with van der Waals surface area (Å²) in [5.74, 6) is -2.22. The lowest BCUT2D eigenvalue weighted by atomic mass is 9.92. The molecule has 2 aliphatic heterocycles. The van der Waals surface area contributed by atoms with Gasteiger partial charge in [-0.2, -0.15) is 0 Å². The zero-order valence-electron chi connectivity index (χ0n) is 15.0. The van der Waals surface area contributed by atoms with Crippen molar-refractivity contribution in [3.63, 3.8) is 0 Å². The van der Waals surface area contributed by atoms with Crippen molar-refractivity contribution in [1.82, 2.24) is 4.90 Å². The monoisotopic (exact) mass is 407 g/mol. The number of fused-ring (bicyclic) bond motifs is 1. The molecule has 1 amide bonds. The van der Waals surface area contributed by atoms with Crippen LogP contribution in [0.3, 0.4) is 0 Å². The highest BCUT2D eigenvalue weighted by Crippen LogP contribution is 2.53.